The predicted octanol–water partition coefficient (Wildman–Crippen LogP) is 3.28. The van der Waals surface area contributed by atoms with Gasteiger partial charge in [-0.2, -0.15) is 13.2 Å². The number of piperazine rings is 1. The van der Waals surface area contributed by atoms with Gasteiger partial charge in [0.15, 0.2) is 0 Å². The Morgan fingerprint density at radius 3 is 2.45 bits per heavy atom. The Kier molecular flexibility index (Phi) is 6.60. The number of imidazole rings is 1. The van der Waals surface area contributed by atoms with Gasteiger partial charge in [0.2, 0.25) is 0 Å². The van der Waals surface area contributed by atoms with E-state index in [-0.39, 0.29) is 0 Å². The average Bonchev–Trinajstić information content (AvgIpc) is 3.16. The molecule has 1 atom stereocenters. The van der Waals surface area contributed by atoms with Gasteiger partial charge in [-0.05, 0) is 30.2 Å². The van der Waals surface area contributed by atoms with Crippen LogP contribution in [-0.4, -0.2) is 69.8 Å². The molecule has 0 saturated carbocycles. The summed E-state index contributed by atoms with van der Waals surface area (Å²) < 4.78 is 40.6. The Morgan fingerprint density at radius 2 is 1.68 bits per heavy atom. The lowest BCUT2D eigenvalue weighted by Gasteiger charge is -2.35. The van der Waals surface area contributed by atoms with Crippen LogP contribution in [0.1, 0.15) is 11.1 Å². The highest BCUT2D eigenvalue weighted by Crippen LogP contribution is 2.29. The maximum absolute atomic E-state index is 12.9. The smallest absolute Gasteiger partial charge is 0.390 e. The molecule has 0 spiro atoms. The van der Waals surface area contributed by atoms with Crippen LogP contribution in [0.5, 0.6) is 0 Å². The van der Waals surface area contributed by atoms with Gasteiger partial charge in [-0.25, -0.2) is 4.98 Å². The molecule has 3 aromatic rings. The number of aliphatic hydroxyl groups is 1. The van der Waals surface area contributed by atoms with E-state index in [1.165, 1.54) is 12.1 Å². The molecule has 1 fully saturated rings. The zero-order valence-corrected chi connectivity index (χ0v) is 17.3. The summed E-state index contributed by atoms with van der Waals surface area (Å²) >= 11 is 0. The number of nitrogens with zero attached hydrogens (tertiary/aromatic N) is 4. The van der Waals surface area contributed by atoms with Gasteiger partial charge in [0.25, 0.3) is 0 Å². The molecular formula is C23H27F3N4O. The summed E-state index contributed by atoms with van der Waals surface area (Å²) in [6, 6.07) is 13.4. The molecule has 0 bridgehead atoms. The van der Waals surface area contributed by atoms with E-state index in [1.54, 1.807) is 12.4 Å². The van der Waals surface area contributed by atoms with Crippen LogP contribution in [0.3, 0.4) is 0 Å². The first kappa shape index (κ1) is 21.8. The Labute approximate surface area is 179 Å². The molecule has 166 valence electrons. The fraction of sp³-hybridized carbons (Fsp3) is 0.435. The molecule has 1 aliphatic rings. The molecular weight excluding hydrogens is 405 g/mol. The first-order chi connectivity index (χ1) is 14.9. The summed E-state index contributed by atoms with van der Waals surface area (Å²) in [6.45, 7) is 5.19. The van der Waals surface area contributed by atoms with Crippen LogP contribution in [-0.2, 0) is 19.1 Å². The zero-order valence-electron chi connectivity index (χ0n) is 17.3. The lowest BCUT2D eigenvalue weighted by atomic mass is 10.1. The van der Waals surface area contributed by atoms with Crippen molar-refractivity contribution < 1.29 is 18.3 Å². The van der Waals surface area contributed by atoms with E-state index in [0.717, 1.165) is 49.8 Å². The number of aliphatic hydroxyl groups excluding tert-OH is 1. The van der Waals surface area contributed by atoms with Gasteiger partial charge >= 0.3 is 6.18 Å². The number of fused-ring (bicyclic) bond motifs is 1. The van der Waals surface area contributed by atoms with Gasteiger partial charge in [-0.1, -0.05) is 30.3 Å². The average molecular weight is 432 g/mol. The van der Waals surface area contributed by atoms with Gasteiger partial charge in [-0.15, -0.1) is 0 Å². The molecule has 1 N–H and O–H groups in total. The van der Waals surface area contributed by atoms with Crippen molar-refractivity contribution in [1.29, 1.82) is 0 Å². The summed E-state index contributed by atoms with van der Waals surface area (Å²) in [5.41, 5.74) is 2.06. The number of para-hydroxylation sites is 2. The Morgan fingerprint density at radius 1 is 0.935 bits per heavy atom. The van der Waals surface area contributed by atoms with Crippen molar-refractivity contribution in [2.45, 2.75) is 25.2 Å². The largest absolute Gasteiger partial charge is 0.416 e. The highest BCUT2D eigenvalue weighted by atomic mass is 19.4. The van der Waals surface area contributed by atoms with Crippen molar-refractivity contribution >= 4 is 11.0 Å². The van der Waals surface area contributed by atoms with Crippen molar-refractivity contribution in [2.75, 3.05) is 39.3 Å². The number of hydrogen-bond acceptors (Lipinski definition) is 4. The van der Waals surface area contributed by atoms with Gasteiger partial charge < -0.3 is 14.6 Å². The van der Waals surface area contributed by atoms with Crippen LogP contribution in [0.4, 0.5) is 13.2 Å². The molecule has 1 aromatic heterocycles. The maximum Gasteiger partial charge on any atom is 0.416 e. The molecule has 1 unspecified atom stereocenters. The second-order valence-corrected chi connectivity index (χ2v) is 8.13. The molecule has 0 amide bonds. The van der Waals surface area contributed by atoms with E-state index in [0.29, 0.717) is 25.1 Å². The molecule has 31 heavy (non-hydrogen) atoms. The van der Waals surface area contributed by atoms with E-state index >= 15 is 0 Å². The van der Waals surface area contributed by atoms with E-state index in [4.69, 9.17) is 0 Å². The highest BCUT2D eigenvalue weighted by molar-refractivity contribution is 5.74. The third-order valence-electron chi connectivity index (χ3n) is 5.84. The number of β-amino-alcohol motifs (C(OH)–C–C–N with tert-alkyl or cyclic N) is 1. The number of hydrogen-bond donors (Lipinski definition) is 1. The molecule has 0 aliphatic carbocycles. The quantitative estimate of drug-likeness (QED) is 0.623. The molecule has 1 aliphatic heterocycles. The van der Waals surface area contributed by atoms with E-state index in [1.807, 2.05) is 28.8 Å². The number of aromatic nitrogens is 2. The van der Waals surface area contributed by atoms with Crippen LogP contribution >= 0.6 is 0 Å². The number of benzene rings is 2. The van der Waals surface area contributed by atoms with Crippen molar-refractivity contribution in [3.05, 3.63) is 66.0 Å². The van der Waals surface area contributed by atoms with Crippen molar-refractivity contribution in [3.8, 4) is 0 Å². The summed E-state index contributed by atoms with van der Waals surface area (Å²) in [7, 11) is 0. The standard InChI is InChI=1S/C23H27F3N4O/c24-23(25,26)19-5-3-4-18(14-19)8-9-28-10-12-29(13-11-28)15-20(31)16-30-17-27-21-6-1-2-7-22(21)30/h1-7,14,17,20,31H,8-13,15-16H2. The monoisotopic (exact) mass is 432 g/mol. The Balaban J connectivity index is 1.22. The summed E-state index contributed by atoms with van der Waals surface area (Å²) in [5, 5.41) is 10.5. The molecule has 0 radical (unpaired) electrons. The molecule has 4 rings (SSSR count). The zero-order chi connectivity index (χ0) is 21.8. The van der Waals surface area contributed by atoms with Crippen LogP contribution in [0, 0.1) is 0 Å². The van der Waals surface area contributed by atoms with Crippen molar-refractivity contribution in [1.82, 2.24) is 19.4 Å². The Bertz CT molecular complexity index is 996. The van der Waals surface area contributed by atoms with Crippen LogP contribution in [0.2, 0.25) is 0 Å². The first-order valence-corrected chi connectivity index (χ1v) is 10.6. The summed E-state index contributed by atoms with van der Waals surface area (Å²) in [5.74, 6) is 0. The minimum atomic E-state index is -4.30. The number of alkyl halides is 3. The molecule has 8 heteroatoms. The highest BCUT2D eigenvalue weighted by Gasteiger charge is 2.30. The number of halogens is 3. The topological polar surface area (TPSA) is 44.5 Å². The minimum Gasteiger partial charge on any atom is -0.390 e. The van der Waals surface area contributed by atoms with Crippen molar-refractivity contribution in [3.63, 3.8) is 0 Å². The predicted molar refractivity (Wildman–Crippen MR) is 114 cm³/mol. The van der Waals surface area contributed by atoms with Gasteiger partial charge in [0, 0.05) is 39.3 Å². The lowest BCUT2D eigenvalue weighted by Crippen LogP contribution is -2.49. The van der Waals surface area contributed by atoms with Gasteiger partial charge in [0.05, 0.1) is 35.6 Å². The fourth-order valence-electron chi connectivity index (χ4n) is 4.12. The number of rotatable bonds is 7. The Hall–Kier alpha value is -2.42. The molecule has 2 aromatic carbocycles. The summed E-state index contributed by atoms with van der Waals surface area (Å²) in [4.78, 5) is 8.87. The summed E-state index contributed by atoms with van der Waals surface area (Å²) in [6.07, 6.45) is -2.43. The lowest BCUT2D eigenvalue weighted by molar-refractivity contribution is -0.137. The SMILES string of the molecule is OC(CN1CCN(CCc2cccc(C(F)(F)F)c2)CC1)Cn1cnc2ccccc21. The molecule has 1 saturated heterocycles. The minimum absolute atomic E-state index is 0.491. The van der Waals surface area contributed by atoms with E-state index in [2.05, 4.69) is 14.8 Å². The van der Waals surface area contributed by atoms with E-state index < -0.39 is 17.8 Å². The maximum atomic E-state index is 12.9. The van der Waals surface area contributed by atoms with Gasteiger partial charge in [-0.3, -0.25) is 4.90 Å². The normalized spacial score (nSPS) is 17.3. The second kappa shape index (κ2) is 9.38. The van der Waals surface area contributed by atoms with E-state index in [9.17, 15) is 18.3 Å². The van der Waals surface area contributed by atoms with Gasteiger partial charge in [0.1, 0.15) is 0 Å². The third kappa shape index (κ3) is 5.64. The fourth-order valence-corrected chi connectivity index (χ4v) is 4.12. The molecule has 2 heterocycles. The van der Waals surface area contributed by atoms with Crippen molar-refractivity contribution in [2.24, 2.45) is 0 Å². The first-order valence-electron chi connectivity index (χ1n) is 10.6. The second-order valence-electron chi connectivity index (χ2n) is 8.13. The van der Waals surface area contributed by atoms with Crippen LogP contribution < -0.4 is 0 Å². The molecule has 5 nitrogen and oxygen atoms in total. The van der Waals surface area contributed by atoms with Crippen LogP contribution in [0.25, 0.3) is 11.0 Å². The third-order valence-corrected chi connectivity index (χ3v) is 5.84. The van der Waals surface area contributed by atoms with Crippen LogP contribution in [0.15, 0.2) is 54.9 Å².